The lowest BCUT2D eigenvalue weighted by Crippen LogP contribution is -2.11. The van der Waals surface area contributed by atoms with Crippen LogP contribution in [0.15, 0.2) is 214 Å². The molecule has 0 atom stereocenters. The Hall–Kier alpha value is -8.12. The number of para-hydroxylation sites is 1. The summed E-state index contributed by atoms with van der Waals surface area (Å²) in [6, 6.07) is 70.3. The highest BCUT2D eigenvalue weighted by Crippen LogP contribution is 2.43. The zero-order valence-electron chi connectivity index (χ0n) is 36.0. The predicted octanol–water partition coefficient (Wildman–Crippen LogP) is 17.0. The first-order valence-electron chi connectivity index (χ1n) is 22.7. The van der Waals surface area contributed by atoms with Crippen LogP contribution in [-0.4, -0.2) is 16.1 Å². The molecule has 3 aromatic heterocycles. The second-order valence-corrected chi connectivity index (χ2v) is 18.7. The average Bonchev–Trinajstić information content (AvgIpc) is 4.04. The molecule has 4 heterocycles. The quantitative estimate of drug-likeness (QED) is 0.174. The van der Waals surface area contributed by atoms with E-state index in [-0.39, 0.29) is 0 Å². The molecular formula is C61H39N3OS. The summed E-state index contributed by atoms with van der Waals surface area (Å²) in [5.74, 6) is 0.717. The number of amidine groups is 1. The molecule has 0 aliphatic carbocycles. The van der Waals surface area contributed by atoms with Crippen molar-refractivity contribution in [3.63, 3.8) is 0 Å². The first-order valence-corrected chi connectivity index (χ1v) is 23.5. The third-order valence-electron chi connectivity index (χ3n) is 13.8. The number of benzene rings is 10. The van der Waals surface area contributed by atoms with Gasteiger partial charge >= 0.3 is 0 Å². The summed E-state index contributed by atoms with van der Waals surface area (Å²) in [6.07, 6.45) is 1.52. The van der Waals surface area contributed by atoms with Crippen LogP contribution >= 0.6 is 11.3 Å². The smallest absolute Gasteiger partial charge is 0.160 e. The highest BCUT2D eigenvalue weighted by atomic mass is 32.1. The van der Waals surface area contributed by atoms with E-state index >= 15 is 0 Å². The van der Waals surface area contributed by atoms with Crippen LogP contribution in [0.4, 0.5) is 0 Å². The van der Waals surface area contributed by atoms with Crippen molar-refractivity contribution in [1.82, 2.24) is 4.57 Å². The molecule has 66 heavy (non-hydrogen) atoms. The van der Waals surface area contributed by atoms with Gasteiger partial charge in [0.1, 0.15) is 5.58 Å². The van der Waals surface area contributed by atoms with Crippen molar-refractivity contribution in [2.24, 2.45) is 9.98 Å². The van der Waals surface area contributed by atoms with Gasteiger partial charge in [-0.25, -0.2) is 9.98 Å². The molecule has 310 valence electrons. The molecule has 5 heteroatoms. The molecule has 13 aromatic rings. The molecule has 10 aromatic carbocycles. The van der Waals surface area contributed by atoms with E-state index in [1.165, 1.54) is 58.1 Å². The first-order chi connectivity index (χ1) is 32.6. The second kappa shape index (κ2) is 14.4. The minimum Gasteiger partial charge on any atom is -0.453 e. The number of aromatic nitrogens is 1. The Morgan fingerprint density at radius 3 is 1.98 bits per heavy atom. The van der Waals surface area contributed by atoms with Crippen molar-refractivity contribution in [2.75, 3.05) is 0 Å². The number of allylic oxidation sites excluding steroid dienone is 1. The van der Waals surface area contributed by atoms with Crippen molar-refractivity contribution in [1.29, 1.82) is 0 Å². The van der Waals surface area contributed by atoms with Crippen molar-refractivity contribution < 1.29 is 4.42 Å². The molecular weight excluding hydrogens is 823 g/mol. The van der Waals surface area contributed by atoms with Crippen LogP contribution in [-0.2, 0) is 0 Å². The fourth-order valence-corrected chi connectivity index (χ4v) is 11.8. The Morgan fingerprint density at radius 1 is 0.455 bits per heavy atom. The Labute approximate surface area is 383 Å². The van der Waals surface area contributed by atoms with Gasteiger partial charge in [-0.2, -0.15) is 0 Å². The molecule has 4 nitrogen and oxygen atoms in total. The Balaban J connectivity index is 1.08. The van der Waals surface area contributed by atoms with E-state index < -0.39 is 0 Å². The van der Waals surface area contributed by atoms with Crippen LogP contribution in [0.3, 0.4) is 0 Å². The van der Waals surface area contributed by atoms with Gasteiger partial charge in [0.05, 0.1) is 28.1 Å². The van der Waals surface area contributed by atoms with E-state index in [0.29, 0.717) is 5.84 Å². The van der Waals surface area contributed by atoms with Crippen LogP contribution in [0.1, 0.15) is 36.5 Å². The lowest BCUT2D eigenvalue weighted by Gasteiger charge is -2.19. The van der Waals surface area contributed by atoms with E-state index in [1.807, 2.05) is 11.3 Å². The van der Waals surface area contributed by atoms with E-state index in [4.69, 9.17) is 14.4 Å². The summed E-state index contributed by atoms with van der Waals surface area (Å²) in [4.78, 5) is 11.5. The summed E-state index contributed by atoms with van der Waals surface area (Å²) >= 11 is 1.82. The molecule has 0 spiro atoms. The van der Waals surface area contributed by atoms with E-state index in [1.54, 1.807) is 0 Å². The van der Waals surface area contributed by atoms with Gasteiger partial charge in [0.15, 0.2) is 11.4 Å². The summed E-state index contributed by atoms with van der Waals surface area (Å²) < 4.78 is 12.1. The predicted molar refractivity (Wildman–Crippen MR) is 281 cm³/mol. The third-order valence-corrected chi connectivity index (χ3v) is 15.0. The highest BCUT2D eigenvalue weighted by molar-refractivity contribution is 7.25. The van der Waals surface area contributed by atoms with Gasteiger partial charge in [-0.3, -0.25) is 0 Å². The van der Waals surface area contributed by atoms with Gasteiger partial charge in [0.25, 0.3) is 0 Å². The maximum atomic E-state index is 7.19. The molecule has 0 saturated heterocycles. The van der Waals surface area contributed by atoms with Crippen LogP contribution in [0, 0.1) is 0 Å². The summed E-state index contributed by atoms with van der Waals surface area (Å²) in [5.41, 5.74) is 11.4. The van der Waals surface area contributed by atoms with Crippen molar-refractivity contribution in [3.8, 4) is 5.69 Å². The molecule has 0 saturated carbocycles. The van der Waals surface area contributed by atoms with Crippen LogP contribution < -0.4 is 0 Å². The summed E-state index contributed by atoms with van der Waals surface area (Å²) in [5, 5.41) is 14.0. The molecule has 1 aliphatic heterocycles. The summed E-state index contributed by atoms with van der Waals surface area (Å²) in [6.45, 7) is 2.26. The minimum atomic E-state index is 0.717. The molecule has 0 bridgehead atoms. The molecule has 0 radical (unpaired) electrons. The molecule has 14 rings (SSSR count). The van der Waals surface area contributed by atoms with E-state index in [0.717, 1.165) is 90.4 Å². The van der Waals surface area contributed by atoms with Gasteiger partial charge in [-0.1, -0.05) is 146 Å². The Kier molecular flexibility index (Phi) is 8.16. The third kappa shape index (κ3) is 5.63. The molecule has 0 amide bonds. The zero-order chi connectivity index (χ0) is 43.5. The van der Waals surface area contributed by atoms with Gasteiger partial charge in [0.2, 0.25) is 0 Å². The van der Waals surface area contributed by atoms with Crippen LogP contribution in [0.25, 0.3) is 108 Å². The first kappa shape index (κ1) is 37.3. The molecule has 0 unspecified atom stereocenters. The van der Waals surface area contributed by atoms with Crippen molar-refractivity contribution in [3.05, 3.63) is 216 Å². The maximum Gasteiger partial charge on any atom is 0.160 e. The Morgan fingerprint density at radius 2 is 1.12 bits per heavy atom. The van der Waals surface area contributed by atoms with Crippen LogP contribution in [0.5, 0.6) is 0 Å². The number of nitrogens with zero attached hydrogens (tertiary/aromatic N) is 3. The fraction of sp³-hybridized carbons (Fsp3) is 0.0492. The van der Waals surface area contributed by atoms with Crippen LogP contribution in [0.2, 0.25) is 0 Å². The number of rotatable bonds is 4. The molecule has 0 fully saturated rings. The average molecular weight is 862 g/mol. The van der Waals surface area contributed by atoms with Gasteiger partial charge < -0.3 is 8.98 Å². The van der Waals surface area contributed by atoms with Gasteiger partial charge in [-0.15, -0.1) is 11.3 Å². The number of fused-ring (bicyclic) bond motifs is 13. The van der Waals surface area contributed by atoms with Gasteiger partial charge in [0, 0.05) is 58.2 Å². The van der Waals surface area contributed by atoms with Gasteiger partial charge in [-0.05, 0) is 106 Å². The van der Waals surface area contributed by atoms with Crippen molar-refractivity contribution >= 4 is 125 Å². The lowest BCUT2D eigenvalue weighted by molar-refractivity contribution is 0.670. The second-order valence-electron chi connectivity index (χ2n) is 17.6. The standard InChI is InChI=1S/C61H39N3OS/c1-36-28-31-51(62-61(63-58(36)45-23-12-18-37-14-4-6-19-42(37)45)48-24-13-27-56-57(48)47-22-9-11-26-55(47)66-56)41-33-50-46-30-29-38-15-5-7-20-43(38)59(46)65-60(50)54(35-41)64-52-25-10-8-21-44(52)49-32-39-16-2-3-17-40(39)34-53(49)64/h2-27,29-30,32-35H,28,31H2,1H3/b58-36+,62-51?,63-61?. The number of hydrogen-bond donors (Lipinski definition) is 0. The SMILES string of the molecule is C/C1=C(/c2cccc3ccccc23)N=C(c2cccc3sc4ccccc4c23)N=C(c2cc(-n3c4ccccc4c4cc5ccccc5cc43)c3oc4c5ccccc5ccc4c3c2)CC1. The fourth-order valence-electron chi connectivity index (χ4n) is 10.7. The highest BCUT2D eigenvalue weighted by Gasteiger charge is 2.24. The normalized spacial score (nSPS) is 14.9. The topological polar surface area (TPSA) is 42.8 Å². The number of aliphatic imine (C=N–C) groups is 2. The zero-order valence-corrected chi connectivity index (χ0v) is 36.9. The van der Waals surface area contributed by atoms with E-state index in [9.17, 15) is 0 Å². The largest absolute Gasteiger partial charge is 0.453 e. The maximum absolute atomic E-state index is 7.19. The number of thiophene rings is 1. The monoisotopic (exact) mass is 861 g/mol. The Bertz CT molecular complexity index is 4300. The lowest BCUT2D eigenvalue weighted by atomic mass is 9.94. The molecule has 1 aliphatic rings. The number of furan rings is 1. The summed E-state index contributed by atoms with van der Waals surface area (Å²) in [7, 11) is 0. The van der Waals surface area contributed by atoms with Crippen molar-refractivity contribution in [2.45, 2.75) is 19.8 Å². The minimum absolute atomic E-state index is 0.717. The molecule has 0 N–H and O–H groups in total. The van der Waals surface area contributed by atoms with E-state index in [2.05, 4.69) is 206 Å². The number of hydrogen-bond acceptors (Lipinski definition) is 4.